The third-order valence-corrected chi connectivity index (χ3v) is 6.17. The molecule has 0 atom stereocenters. The first-order chi connectivity index (χ1) is 16.2. The highest BCUT2D eigenvalue weighted by atomic mass is 16.5. The van der Waals surface area contributed by atoms with Gasteiger partial charge in [0.25, 0.3) is 5.91 Å². The Bertz CT molecular complexity index is 1030. The first-order valence-corrected chi connectivity index (χ1v) is 12.1. The number of carbonyl (C=O) groups excluding carboxylic acids is 2. The van der Waals surface area contributed by atoms with Crippen LogP contribution in [-0.4, -0.2) is 51.1 Å². The monoisotopic (exact) mass is 464 g/mol. The molecule has 2 amide bonds. The number of methoxy groups -OCH3 is 1. The predicted molar refractivity (Wildman–Crippen MR) is 137 cm³/mol. The highest BCUT2D eigenvalue weighted by molar-refractivity contribution is 6.02. The number of hydrogen-bond acceptors (Lipinski definition) is 5. The Morgan fingerprint density at radius 3 is 2.24 bits per heavy atom. The molecule has 2 aromatic rings. The molecule has 2 aromatic carbocycles. The number of nitrogens with zero attached hydrogens (tertiary/aromatic N) is 2. The summed E-state index contributed by atoms with van der Waals surface area (Å²) in [6, 6.07) is 14.0. The van der Waals surface area contributed by atoms with Gasteiger partial charge in [-0.2, -0.15) is 0 Å². The lowest BCUT2D eigenvalue weighted by atomic mass is 9.92. The van der Waals surface area contributed by atoms with Crippen molar-refractivity contribution in [3.05, 3.63) is 48.0 Å². The molecule has 1 aliphatic heterocycles. The summed E-state index contributed by atoms with van der Waals surface area (Å²) in [7, 11) is 1.70. The summed E-state index contributed by atoms with van der Waals surface area (Å²) in [5.41, 5.74) is 3.18. The number of hydrogen-bond donors (Lipinski definition) is 2. The fraction of sp³-hybridized carbons (Fsp3) is 0.481. The molecule has 2 aliphatic rings. The van der Waals surface area contributed by atoms with E-state index in [4.69, 9.17) is 4.74 Å². The summed E-state index contributed by atoms with van der Waals surface area (Å²) in [6.07, 6.45) is 2.48. The van der Waals surface area contributed by atoms with Gasteiger partial charge in [-0.15, -0.1) is 0 Å². The predicted octanol–water partition coefficient (Wildman–Crippen LogP) is 4.29. The van der Waals surface area contributed by atoms with Crippen molar-refractivity contribution in [2.24, 2.45) is 5.41 Å². The van der Waals surface area contributed by atoms with Gasteiger partial charge in [0, 0.05) is 50.0 Å². The zero-order valence-electron chi connectivity index (χ0n) is 20.7. The van der Waals surface area contributed by atoms with Gasteiger partial charge in [0.15, 0.2) is 0 Å². The second-order valence-corrected chi connectivity index (χ2v) is 10.4. The smallest absolute Gasteiger partial charge is 0.253 e. The van der Waals surface area contributed by atoms with E-state index in [2.05, 4.69) is 26.5 Å². The Morgan fingerprint density at radius 2 is 1.62 bits per heavy atom. The number of piperazine rings is 1. The van der Waals surface area contributed by atoms with E-state index in [1.165, 1.54) is 0 Å². The van der Waals surface area contributed by atoms with E-state index >= 15 is 0 Å². The van der Waals surface area contributed by atoms with Crippen LogP contribution in [0.3, 0.4) is 0 Å². The summed E-state index contributed by atoms with van der Waals surface area (Å²) < 4.78 is 5.54. The lowest BCUT2D eigenvalue weighted by molar-refractivity contribution is -0.117. The van der Waals surface area contributed by atoms with Gasteiger partial charge in [-0.1, -0.05) is 32.9 Å². The number of anilines is 3. The number of rotatable bonds is 7. The van der Waals surface area contributed by atoms with Gasteiger partial charge in [-0.3, -0.25) is 9.59 Å². The largest absolute Gasteiger partial charge is 0.495 e. The second kappa shape index (κ2) is 9.95. The van der Waals surface area contributed by atoms with Gasteiger partial charge >= 0.3 is 0 Å². The Labute approximate surface area is 202 Å². The molecule has 1 heterocycles. The van der Waals surface area contributed by atoms with Crippen LogP contribution < -0.4 is 25.2 Å². The third-order valence-electron chi connectivity index (χ3n) is 6.17. The zero-order valence-corrected chi connectivity index (χ0v) is 20.7. The molecule has 0 bridgehead atoms. The minimum atomic E-state index is -0.0999. The summed E-state index contributed by atoms with van der Waals surface area (Å²) in [6.45, 7) is 9.34. The van der Waals surface area contributed by atoms with Gasteiger partial charge in [0.1, 0.15) is 5.75 Å². The van der Waals surface area contributed by atoms with Gasteiger partial charge in [0.05, 0.1) is 18.4 Å². The van der Waals surface area contributed by atoms with Gasteiger partial charge < -0.3 is 25.2 Å². The molecule has 0 unspecified atom stereocenters. The maximum absolute atomic E-state index is 13.1. The van der Waals surface area contributed by atoms with Crippen molar-refractivity contribution < 1.29 is 14.3 Å². The maximum Gasteiger partial charge on any atom is 0.253 e. The van der Waals surface area contributed by atoms with Crippen molar-refractivity contribution in [3.63, 3.8) is 0 Å². The zero-order chi connectivity index (χ0) is 24.3. The minimum absolute atomic E-state index is 0.0424. The Kier molecular flexibility index (Phi) is 7.00. The lowest BCUT2D eigenvalue weighted by Crippen LogP contribution is -2.47. The molecule has 2 N–H and O–H groups in total. The maximum atomic E-state index is 13.1. The van der Waals surface area contributed by atoms with E-state index in [1.807, 2.05) is 57.2 Å². The number of ether oxygens (including phenoxy) is 1. The Hall–Kier alpha value is -3.22. The molecule has 1 aliphatic carbocycles. The van der Waals surface area contributed by atoms with Crippen molar-refractivity contribution in [1.29, 1.82) is 0 Å². The van der Waals surface area contributed by atoms with Gasteiger partial charge in [-0.25, -0.2) is 0 Å². The summed E-state index contributed by atoms with van der Waals surface area (Å²) in [4.78, 5) is 30.2. The number of nitrogens with one attached hydrogen (secondary N) is 2. The van der Waals surface area contributed by atoms with Crippen LogP contribution in [0.5, 0.6) is 5.75 Å². The fourth-order valence-corrected chi connectivity index (χ4v) is 4.33. The molecule has 4 rings (SSSR count). The molecule has 34 heavy (non-hydrogen) atoms. The molecule has 7 nitrogen and oxygen atoms in total. The number of amides is 2. The number of carbonyl (C=O) groups is 2. The quantitative estimate of drug-likeness (QED) is 0.640. The van der Waals surface area contributed by atoms with Crippen molar-refractivity contribution in [2.45, 2.75) is 46.1 Å². The van der Waals surface area contributed by atoms with Crippen LogP contribution in [0.4, 0.5) is 17.1 Å². The average molecular weight is 465 g/mol. The topological polar surface area (TPSA) is 73.9 Å². The van der Waals surface area contributed by atoms with Crippen LogP contribution in [-0.2, 0) is 4.79 Å². The normalized spacial score (nSPS) is 16.2. The summed E-state index contributed by atoms with van der Waals surface area (Å²) in [5, 5.41) is 6.09. The fourth-order valence-electron chi connectivity index (χ4n) is 4.33. The van der Waals surface area contributed by atoms with E-state index in [9.17, 15) is 9.59 Å². The van der Waals surface area contributed by atoms with Crippen LogP contribution >= 0.6 is 0 Å². The molecular weight excluding hydrogens is 428 g/mol. The molecule has 7 heteroatoms. The van der Waals surface area contributed by atoms with E-state index in [0.717, 1.165) is 56.1 Å². The molecular formula is C27H36N4O3. The Balaban J connectivity index is 1.51. The van der Waals surface area contributed by atoms with Gasteiger partial charge in [0.2, 0.25) is 5.91 Å². The minimum Gasteiger partial charge on any atom is -0.495 e. The van der Waals surface area contributed by atoms with Crippen LogP contribution in [0.15, 0.2) is 42.5 Å². The molecule has 1 saturated heterocycles. The molecule has 0 aromatic heterocycles. The van der Waals surface area contributed by atoms with Crippen molar-refractivity contribution in [3.8, 4) is 5.75 Å². The molecule has 0 radical (unpaired) electrons. The molecule has 1 saturated carbocycles. The molecule has 182 valence electrons. The summed E-state index contributed by atoms with van der Waals surface area (Å²) >= 11 is 0. The average Bonchev–Trinajstić information content (AvgIpc) is 3.62. The number of para-hydroxylation sites is 2. The first-order valence-electron chi connectivity index (χ1n) is 12.1. The van der Waals surface area contributed by atoms with Crippen LogP contribution in [0.2, 0.25) is 0 Å². The van der Waals surface area contributed by atoms with Crippen LogP contribution in [0, 0.1) is 5.41 Å². The van der Waals surface area contributed by atoms with E-state index in [0.29, 0.717) is 17.7 Å². The second-order valence-electron chi connectivity index (χ2n) is 10.4. The van der Waals surface area contributed by atoms with E-state index < -0.39 is 0 Å². The Morgan fingerprint density at radius 1 is 0.971 bits per heavy atom. The third kappa shape index (κ3) is 6.01. The first kappa shape index (κ1) is 23.9. The number of benzene rings is 2. The lowest BCUT2D eigenvalue weighted by Gasteiger charge is -2.38. The molecule has 0 spiro atoms. The van der Waals surface area contributed by atoms with Crippen LogP contribution in [0.1, 0.15) is 50.4 Å². The standard InChI is InChI=1S/C27H36N4O3/c1-27(2,3)18-25(32)28-20-11-12-22(21(17-20)26(33)29-19-9-10-19)30-13-15-31(16-14-30)23-7-5-6-8-24(23)34-4/h5-8,11-12,17,19H,9-10,13-16,18H2,1-4H3,(H,28,32)(H,29,33). The van der Waals surface area contributed by atoms with Crippen molar-refractivity contribution >= 4 is 28.9 Å². The highest BCUT2D eigenvalue weighted by Crippen LogP contribution is 2.31. The van der Waals surface area contributed by atoms with Crippen molar-refractivity contribution in [1.82, 2.24) is 5.32 Å². The highest BCUT2D eigenvalue weighted by Gasteiger charge is 2.28. The van der Waals surface area contributed by atoms with Crippen molar-refractivity contribution in [2.75, 3.05) is 48.4 Å². The SMILES string of the molecule is COc1ccccc1N1CCN(c2ccc(NC(=O)CC(C)(C)C)cc2C(=O)NC2CC2)CC1. The van der Waals surface area contributed by atoms with Gasteiger partial charge in [-0.05, 0) is 48.6 Å². The van der Waals surface area contributed by atoms with Crippen LogP contribution in [0.25, 0.3) is 0 Å². The van der Waals surface area contributed by atoms with E-state index in [1.54, 1.807) is 7.11 Å². The van der Waals surface area contributed by atoms with E-state index in [-0.39, 0.29) is 23.3 Å². The molecule has 2 fully saturated rings. The summed E-state index contributed by atoms with van der Waals surface area (Å²) in [5.74, 6) is 0.756.